The highest BCUT2D eigenvalue weighted by Gasteiger charge is 2.13. The molecular formula is C11H19N5S2. The number of aromatic nitrogens is 2. The summed E-state index contributed by atoms with van der Waals surface area (Å²) in [6.07, 6.45) is 4.54. The summed E-state index contributed by atoms with van der Waals surface area (Å²) in [4.78, 5) is 8.66. The maximum atomic E-state index is 5.40. The Kier molecular flexibility index (Phi) is 5.40. The fraction of sp³-hybridized carbons (Fsp3) is 0.636. The quantitative estimate of drug-likeness (QED) is 0.331. The van der Waals surface area contributed by atoms with E-state index in [1.807, 2.05) is 24.1 Å². The second-order valence-electron chi connectivity index (χ2n) is 4.21. The normalized spacial score (nSPS) is 16.6. The molecule has 1 saturated heterocycles. The van der Waals surface area contributed by atoms with Crippen LogP contribution < -0.4 is 16.6 Å². The predicted molar refractivity (Wildman–Crippen MR) is 80.2 cm³/mol. The van der Waals surface area contributed by atoms with Crippen molar-refractivity contribution in [1.29, 1.82) is 0 Å². The summed E-state index contributed by atoms with van der Waals surface area (Å²) in [6, 6.07) is 1.84. The van der Waals surface area contributed by atoms with Gasteiger partial charge in [-0.05, 0) is 36.5 Å². The van der Waals surface area contributed by atoms with Crippen LogP contribution >= 0.6 is 23.5 Å². The molecule has 18 heavy (non-hydrogen) atoms. The molecule has 4 N–H and O–H groups in total. The molecule has 7 heteroatoms. The van der Waals surface area contributed by atoms with E-state index in [0.717, 1.165) is 23.4 Å². The first-order chi connectivity index (χ1) is 8.81. The van der Waals surface area contributed by atoms with Crippen LogP contribution in [0.5, 0.6) is 0 Å². The standard InChI is InChI=1S/C11H19N5S2/c1-17-11-14-9(6-10(15-11)16-12)13-7-8-2-4-18-5-3-8/h6,8H,2-5,7,12H2,1H3,(H2,13,14,15,16). The Balaban J connectivity index is 1.94. The van der Waals surface area contributed by atoms with Crippen LogP contribution in [-0.2, 0) is 0 Å². The third-order valence-corrected chi connectivity index (χ3v) is 4.55. The van der Waals surface area contributed by atoms with Crippen LogP contribution in [0.25, 0.3) is 0 Å². The molecule has 2 heterocycles. The van der Waals surface area contributed by atoms with E-state index in [1.165, 1.54) is 36.1 Å². The molecule has 1 aromatic rings. The molecule has 1 aliphatic rings. The van der Waals surface area contributed by atoms with E-state index in [9.17, 15) is 0 Å². The van der Waals surface area contributed by atoms with Crippen LogP contribution in [0.4, 0.5) is 11.6 Å². The first-order valence-electron chi connectivity index (χ1n) is 6.03. The average molecular weight is 285 g/mol. The number of nitrogens with zero attached hydrogens (tertiary/aromatic N) is 2. The number of rotatable bonds is 5. The van der Waals surface area contributed by atoms with E-state index in [0.29, 0.717) is 5.82 Å². The Morgan fingerprint density at radius 2 is 2.11 bits per heavy atom. The molecule has 2 rings (SSSR count). The molecule has 0 unspecified atom stereocenters. The number of hydrogen-bond donors (Lipinski definition) is 3. The van der Waals surface area contributed by atoms with Gasteiger partial charge in [-0.2, -0.15) is 11.8 Å². The summed E-state index contributed by atoms with van der Waals surface area (Å²) in [5.41, 5.74) is 2.57. The molecule has 0 aromatic carbocycles. The maximum absolute atomic E-state index is 5.40. The van der Waals surface area contributed by atoms with E-state index in [-0.39, 0.29) is 0 Å². The lowest BCUT2D eigenvalue weighted by Gasteiger charge is -2.21. The summed E-state index contributed by atoms with van der Waals surface area (Å²) in [5.74, 6) is 10.2. The molecule has 0 spiro atoms. The van der Waals surface area contributed by atoms with Crippen molar-refractivity contribution >= 4 is 35.2 Å². The monoisotopic (exact) mass is 285 g/mol. The van der Waals surface area contributed by atoms with Gasteiger partial charge in [-0.15, -0.1) is 0 Å². The number of anilines is 2. The molecule has 1 fully saturated rings. The first kappa shape index (κ1) is 13.8. The van der Waals surface area contributed by atoms with Crippen LogP contribution in [0.15, 0.2) is 11.2 Å². The molecule has 0 amide bonds. The Bertz CT molecular complexity index is 359. The molecule has 0 bridgehead atoms. The van der Waals surface area contributed by atoms with Gasteiger partial charge in [-0.25, -0.2) is 15.8 Å². The van der Waals surface area contributed by atoms with Gasteiger partial charge in [0.25, 0.3) is 0 Å². The van der Waals surface area contributed by atoms with Gasteiger partial charge in [0.1, 0.15) is 11.6 Å². The van der Waals surface area contributed by atoms with Gasteiger partial charge in [-0.1, -0.05) is 11.8 Å². The van der Waals surface area contributed by atoms with Crippen LogP contribution in [0, 0.1) is 5.92 Å². The van der Waals surface area contributed by atoms with E-state index < -0.39 is 0 Å². The van der Waals surface area contributed by atoms with Crippen molar-refractivity contribution < 1.29 is 0 Å². The summed E-state index contributed by atoms with van der Waals surface area (Å²) >= 11 is 3.56. The summed E-state index contributed by atoms with van der Waals surface area (Å²) in [7, 11) is 0. The minimum Gasteiger partial charge on any atom is -0.370 e. The smallest absolute Gasteiger partial charge is 0.191 e. The van der Waals surface area contributed by atoms with Gasteiger partial charge in [0.15, 0.2) is 5.16 Å². The third kappa shape index (κ3) is 3.93. The van der Waals surface area contributed by atoms with Gasteiger partial charge in [-0.3, -0.25) is 0 Å². The predicted octanol–water partition coefficient (Wildman–Crippen LogP) is 2.04. The van der Waals surface area contributed by atoms with Crippen molar-refractivity contribution in [3.63, 3.8) is 0 Å². The number of hydrogen-bond acceptors (Lipinski definition) is 7. The van der Waals surface area contributed by atoms with Crippen molar-refractivity contribution in [2.24, 2.45) is 11.8 Å². The van der Waals surface area contributed by atoms with Crippen molar-refractivity contribution in [2.45, 2.75) is 18.0 Å². The molecule has 0 radical (unpaired) electrons. The summed E-state index contributed by atoms with van der Waals surface area (Å²) < 4.78 is 0. The highest BCUT2D eigenvalue weighted by molar-refractivity contribution is 7.99. The van der Waals surface area contributed by atoms with Gasteiger partial charge in [0, 0.05) is 12.6 Å². The molecule has 5 nitrogen and oxygen atoms in total. The molecule has 0 atom stereocenters. The van der Waals surface area contributed by atoms with E-state index in [2.05, 4.69) is 20.7 Å². The van der Waals surface area contributed by atoms with Crippen LogP contribution in [0.1, 0.15) is 12.8 Å². The Morgan fingerprint density at radius 3 is 2.78 bits per heavy atom. The molecule has 0 aliphatic carbocycles. The maximum Gasteiger partial charge on any atom is 0.191 e. The Hall–Kier alpha value is -0.660. The SMILES string of the molecule is CSc1nc(NN)cc(NCC2CCSCC2)n1. The van der Waals surface area contributed by atoms with Crippen molar-refractivity contribution in [2.75, 3.05) is 35.0 Å². The highest BCUT2D eigenvalue weighted by atomic mass is 32.2. The van der Waals surface area contributed by atoms with Crippen molar-refractivity contribution in [3.8, 4) is 0 Å². The molecule has 1 aromatic heterocycles. The lowest BCUT2D eigenvalue weighted by Crippen LogP contribution is -2.20. The van der Waals surface area contributed by atoms with E-state index in [1.54, 1.807) is 0 Å². The van der Waals surface area contributed by atoms with Crippen LogP contribution in [0.2, 0.25) is 0 Å². The zero-order valence-electron chi connectivity index (χ0n) is 10.5. The van der Waals surface area contributed by atoms with Gasteiger partial charge >= 0.3 is 0 Å². The number of thioether (sulfide) groups is 2. The highest BCUT2D eigenvalue weighted by Crippen LogP contribution is 2.23. The van der Waals surface area contributed by atoms with E-state index >= 15 is 0 Å². The summed E-state index contributed by atoms with van der Waals surface area (Å²) in [5, 5.41) is 4.12. The molecule has 100 valence electrons. The number of nitrogen functional groups attached to an aromatic ring is 1. The zero-order chi connectivity index (χ0) is 12.8. The summed E-state index contributed by atoms with van der Waals surface area (Å²) in [6.45, 7) is 0.982. The minimum absolute atomic E-state index is 0.649. The van der Waals surface area contributed by atoms with Crippen molar-refractivity contribution in [1.82, 2.24) is 9.97 Å². The topological polar surface area (TPSA) is 75.9 Å². The minimum atomic E-state index is 0.649. The van der Waals surface area contributed by atoms with Gasteiger partial charge < -0.3 is 10.7 Å². The third-order valence-electron chi connectivity index (χ3n) is 2.95. The Morgan fingerprint density at radius 1 is 1.39 bits per heavy atom. The van der Waals surface area contributed by atoms with Crippen LogP contribution in [-0.4, -0.2) is 34.3 Å². The fourth-order valence-corrected chi connectivity index (χ4v) is 3.46. The number of nitrogens with one attached hydrogen (secondary N) is 2. The van der Waals surface area contributed by atoms with Gasteiger partial charge in [0.2, 0.25) is 0 Å². The average Bonchev–Trinajstić information content (AvgIpc) is 2.45. The molecule has 1 aliphatic heterocycles. The van der Waals surface area contributed by atoms with Gasteiger partial charge in [0.05, 0.1) is 0 Å². The molecular weight excluding hydrogens is 266 g/mol. The lowest BCUT2D eigenvalue weighted by atomic mass is 10.0. The lowest BCUT2D eigenvalue weighted by molar-refractivity contribution is 0.515. The zero-order valence-corrected chi connectivity index (χ0v) is 12.1. The first-order valence-corrected chi connectivity index (χ1v) is 8.41. The van der Waals surface area contributed by atoms with Crippen molar-refractivity contribution in [3.05, 3.63) is 6.07 Å². The van der Waals surface area contributed by atoms with Crippen LogP contribution in [0.3, 0.4) is 0 Å². The Labute approximate surface area is 116 Å². The molecule has 0 saturated carbocycles. The number of hydrazine groups is 1. The van der Waals surface area contributed by atoms with E-state index in [4.69, 9.17) is 5.84 Å². The fourth-order valence-electron chi connectivity index (χ4n) is 1.88. The number of nitrogens with two attached hydrogens (primary N) is 1. The largest absolute Gasteiger partial charge is 0.370 e. The second-order valence-corrected chi connectivity index (χ2v) is 6.20. The second kappa shape index (κ2) is 7.06.